The third-order valence-electron chi connectivity index (χ3n) is 5.39. The summed E-state index contributed by atoms with van der Waals surface area (Å²) < 4.78 is 28.0. The molecule has 0 N–H and O–H groups in total. The lowest BCUT2D eigenvalue weighted by Crippen LogP contribution is -2.42. The number of carbonyl (C=O) groups is 3. The van der Waals surface area contributed by atoms with Crippen LogP contribution >= 0.6 is 0 Å². The van der Waals surface area contributed by atoms with Gasteiger partial charge in [-0.25, -0.2) is 14.4 Å². The second-order valence-electron chi connectivity index (χ2n) is 7.72. The third-order valence-corrected chi connectivity index (χ3v) is 5.39. The summed E-state index contributed by atoms with van der Waals surface area (Å²) in [6, 6.07) is 25.2. The molecule has 1 aliphatic heterocycles. The smallest absolute Gasteiger partial charge is 0.338 e. The Balaban J connectivity index is 1.54. The van der Waals surface area contributed by atoms with Crippen molar-refractivity contribution < 1.29 is 38.1 Å². The van der Waals surface area contributed by atoms with E-state index in [9.17, 15) is 14.4 Å². The quantitative estimate of drug-likeness (QED) is 0.359. The lowest BCUT2D eigenvalue weighted by Gasteiger charge is -2.24. The fourth-order valence-corrected chi connectivity index (χ4v) is 3.63. The Kier molecular flexibility index (Phi) is 7.87. The van der Waals surface area contributed by atoms with Gasteiger partial charge in [-0.2, -0.15) is 0 Å². The molecule has 0 bridgehead atoms. The summed E-state index contributed by atoms with van der Waals surface area (Å²) in [5.74, 6) is -1.85. The van der Waals surface area contributed by atoms with E-state index in [4.69, 9.17) is 23.7 Å². The van der Waals surface area contributed by atoms with Crippen LogP contribution in [0.5, 0.6) is 0 Å². The molecular formula is C27H24O8. The molecule has 4 atom stereocenters. The average molecular weight is 476 g/mol. The maximum Gasteiger partial charge on any atom is 0.338 e. The van der Waals surface area contributed by atoms with Crippen LogP contribution in [0.2, 0.25) is 0 Å². The molecule has 3 aromatic rings. The van der Waals surface area contributed by atoms with E-state index in [0.717, 1.165) is 0 Å². The van der Waals surface area contributed by atoms with E-state index in [2.05, 4.69) is 0 Å². The van der Waals surface area contributed by atoms with Crippen molar-refractivity contribution in [3.8, 4) is 0 Å². The first kappa shape index (κ1) is 24.1. The summed E-state index contributed by atoms with van der Waals surface area (Å²) in [5.41, 5.74) is 0.981. The molecule has 8 heteroatoms. The van der Waals surface area contributed by atoms with Gasteiger partial charge in [0.15, 0.2) is 18.5 Å². The number of carbonyl (C=O) groups excluding carboxylic acids is 3. The zero-order valence-electron chi connectivity index (χ0n) is 18.9. The molecule has 1 saturated heterocycles. The van der Waals surface area contributed by atoms with Crippen LogP contribution in [0.1, 0.15) is 31.1 Å². The Morgan fingerprint density at radius 3 is 1.54 bits per heavy atom. The van der Waals surface area contributed by atoms with Gasteiger partial charge >= 0.3 is 17.9 Å². The first-order valence-electron chi connectivity index (χ1n) is 11.0. The maximum absolute atomic E-state index is 12.8. The summed E-state index contributed by atoms with van der Waals surface area (Å²) in [6.07, 6.45) is -4.17. The molecule has 0 radical (unpaired) electrons. The molecule has 0 spiro atoms. The van der Waals surface area contributed by atoms with E-state index >= 15 is 0 Å². The lowest BCUT2D eigenvalue weighted by atomic mass is 10.1. The van der Waals surface area contributed by atoms with E-state index in [-0.39, 0.29) is 6.61 Å². The average Bonchev–Trinajstić information content (AvgIpc) is 3.24. The van der Waals surface area contributed by atoms with Crippen molar-refractivity contribution >= 4 is 17.9 Å². The van der Waals surface area contributed by atoms with Crippen LogP contribution in [0.3, 0.4) is 0 Å². The summed E-state index contributed by atoms with van der Waals surface area (Å²) in [6.45, 7) is -0.250. The molecule has 1 fully saturated rings. The molecule has 0 saturated carbocycles. The maximum atomic E-state index is 12.8. The highest BCUT2D eigenvalue weighted by Crippen LogP contribution is 2.29. The largest absolute Gasteiger partial charge is 0.459 e. The molecule has 3 aromatic carbocycles. The summed E-state index contributed by atoms with van der Waals surface area (Å²) in [4.78, 5) is 38.0. The highest BCUT2D eigenvalue weighted by atomic mass is 16.7. The minimum absolute atomic E-state index is 0.250. The van der Waals surface area contributed by atoms with Gasteiger partial charge in [-0.15, -0.1) is 0 Å². The molecule has 0 aliphatic carbocycles. The fourth-order valence-electron chi connectivity index (χ4n) is 3.63. The van der Waals surface area contributed by atoms with Crippen molar-refractivity contribution in [2.75, 3.05) is 13.7 Å². The van der Waals surface area contributed by atoms with Crippen LogP contribution in [0.4, 0.5) is 0 Å². The SMILES string of the molecule is CO[C@H]1O[C@H](COC(=O)c2ccccc2)[C@@H](OC(=O)c2ccccc2)[C@H]1OC(=O)c1ccccc1. The van der Waals surface area contributed by atoms with Crippen LogP contribution in [-0.2, 0) is 23.7 Å². The van der Waals surface area contributed by atoms with Crippen molar-refractivity contribution in [3.63, 3.8) is 0 Å². The Bertz CT molecular complexity index is 1130. The zero-order valence-corrected chi connectivity index (χ0v) is 18.9. The molecule has 0 amide bonds. The molecule has 180 valence electrons. The van der Waals surface area contributed by atoms with Gasteiger partial charge in [0.25, 0.3) is 0 Å². The van der Waals surface area contributed by atoms with Gasteiger partial charge < -0.3 is 23.7 Å². The highest BCUT2D eigenvalue weighted by Gasteiger charge is 2.50. The van der Waals surface area contributed by atoms with Crippen molar-refractivity contribution in [3.05, 3.63) is 108 Å². The first-order valence-corrected chi connectivity index (χ1v) is 11.0. The first-order chi connectivity index (χ1) is 17.1. The molecule has 4 rings (SSSR count). The second-order valence-corrected chi connectivity index (χ2v) is 7.72. The van der Waals surface area contributed by atoms with Gasteiger partial charge in [0.2, 0.25) is 0 Å². The van der Waals surface area contributed by atoms with E-state index in [1.807, 2.05) is 0 Å². The molecule has 0 aromatic heterocycles. The zero-order chi connectivity index (χ0) is 24.6. The molecule has 0 unspecified atom stereocenters. The minimum atomic E-state index is -1.10. The summed E-state index contributed by atoms with van der Waals surface area (Å²) in [5, 5.41) is 0. The van der Waals surface area contributed by atoms with E-state index in [1.165, 1.54) is 7.11 Å². The molecule has 8 nitrogen and oxygen atoms in total. The van der Waals surface area contributed by atoms with Crippen molar-refractivity contribution in [1.29, 1.82) is 0 Å². The Morgan fingerprint density at radius 1 is 0.657 bits per heavy atom. The van der Waals surface area contributed by atoms with Crippen LogP contribution < -0.4 is 0 Å². The van der Waals surface area contributed by atoms with Gasteiger partial charge in [0.1, 0.15) is 12.7 Å². The van der Waals surface area contributed by atoms with E-state index < -0.39 is 42.5 Å². The summed E-state index contributed by atoms with van der Waals surface area (Å²) in [7, 11) is 1.38. The van der Waals surface area contributed by atoms with Crippen LogP contribution in [-0.4, -0.2) is 56.2 Å². The number of esters is 3. The monoisotopic (exact) mass is 476 g/mol. The van der Waals surface area contributed by atoms with Crippen LogP contribution in [0.15, 0.2) is 91.0 Å². The molecule has 1 aliphatic rings. The minimum Gasteiger partial charge on any atom is -0.459 e. The molecule has 35 heavy (non-hydrogen) atoms. The topological polar surface area (TPSA) is 97.4 Å². The number of methoxy groups -OCH3 is 1. The van der Waals surface area contributed by atoms with Gasteiger partial charge in [-0.05, 0) is 36.4 Å². The number of rotatable bonds is 8. The van der Waals surface area contributed by atoms with Crippen molar-refractivity contribution in [1.82, 2.24) is 0 Å². The lowest BCUT2D eigenvalue weighted by molar-refractivity contribution is -0.155. The van der Waals surface area contributed by atoms with Gasteiger partial charge in [0, 0.05) is 7.11 Å². The third kappa shape index (κ3) is 5.92. The Morgan fingerprint density at radius 2 is 1.09 bits per heavy atom. The Hall–Kier alpha value is -4.01. The molecular weight excluding hydrogens is 452 g/mol. The van der Waals surface area contributed by atoms with Crippen molar-refractivity contribution in [2.45, 2.75) is 24.6 Å². The summed E-state index contributed by atoms with van der Waals surface area (Å²) >= 11 is 0. The number of ether oxygens (including phenoxy) is 5. The van der Waals surface area contributed by atoms with Crippen molar-refractivity contribution in [2.24, 2.45) is 0 Å². The fraction of sp³-hybridized carbons (Fsp3) is 0.222. The molecule has 1 heterocycles. The van der Waals surface area contributed by atoms with Gasteiger partial charge in [-0.1, -0.05) is 54.6 Å². The van der Waals surface area contributed by atoms with Gasteiger partial charge in [0.05, 0.1) is 16.7 Å². The number of benzene rings is 3. The van der Waals surface area contributed by atoms with Crippen LogP contribution in [0, 0.1) is 0 Å². The highest BCUT2D eigenvalue weighted by molar-refractivity contribution is 5.90. The van der Waals surface area contributed by atoms with Crippen LogP contribution in [0.25, 0.3) is 0 Å². The standard InChI is InChI=1S/C27H24O8/c1-31-27-23(35-26(30)20-15-9-4-10-16-20)22(34-25(29)19-13-7-3-8-14-19)21(33-27)17-32-24(28)18-11-5-2-6-12-18/h2-16,21-23,27H,17H2,1H3/t21-,22-,23-,27+/m1/s1. The Labute approximate surface area is 202 Å². The predicted octanol–water partition coefficient (Wildman–Crippen LogP) is 3.67. The predicted molar refractivity (Wildman–Crippen MR) is 124 cm³/mol. The number of hydrogen-bond donors (Lipinski definition) is 0. The van der Waals surface area contributed by atoms with E-state index in [0.29, 0.717) is 16.7 Å². The second kappa shape index (κ2) is 11.4. The van der Waals surface area contributed by atoms with E-state index in [1.54, 1.807) is 91.0 Å². The number of hydrogen-bond acceptors (Lipinski definition) is 8. The normalized spacial score (nSPS) is 21.2. The van der Waals surface area contributed by atoms with Gasteiger partial charge in [-0.3, -0.25) is 0 Å².